The molecule has 0 aliphatic heterocycles. The molecule has 0 saturated heterocycles. The van der Waals surface area contributed by atoms with Crippen LogP contribution in [0.15, 0.2) is 12.1 Å². The molecule has 0 radical (unpaired) electrons. The average molecular weight is 329 g/mol. The smallest absolute Gasteiger partial charge is 0.306 e. The summed E-state index contributed by atoms with van der Waals surface area (Å²) in [5.74, 6) is 2.46. The van der Waals surface area contributed by atoms with E-state index in [9.17, 15) is 4.79 Å². The molecule has 1 N–H and O–H groups in total. The van der Waals surface area contributed by atoms with Gasteiger partial charge in [0.05, 0.1) is 24.2 Å². The molecule has 0 spiro atoms. The number of carbonyl (C=O) groups is 1. The fraction of sp³-hybridized carbons (Fsp3) is 0.600. The van der Waals surface area contributed by atoms with Gasteiger partial charge in [0.25, 0.3) is 0 Å². The number of carbonyl (C=O) groups excluding carboxylic acids is 1. The number of nitrogens with one attached hydrogen (secondary N) is 1. The van der Waals surface area contributed by atoms with Crippen LogP contribution < -0.4 is 5.32 Å². The lowest BCUT2D eigenvalue weighted by atomic mass is 10.1. The number of aromatic nitrogens is 1. The maximum Gasteiger partial charge on any atom is 0.306 e. The maximum absolute atomic E-state index is 11.4. The van der Waals surface area contributed by atoms with E-state index in [1.165, 1.54) is 7.11 Å². The van der Waals surface area contributed by atoms with Crippen LogP contribution in [0, 0.1) is 5.41 Å². The van der Waals surface area contributed by atoms with Gasteiger partial charge in [-0.05, 0) is 43.1 Å². The molecule has 1 heterocycles. The normalized spacial score (nSPS) is 15.6. The van der Waals surface area contributed by atoms with Crippen molar-refractivity contribution in [2.24, 2.45) is 5.41 Å². The van der Waals surface area contributed by atoms with Crippen molar-refractivity contribution in [2.45, 2.75) is 31.9 Å². The number of thioether (sulfide) groups is 1. The highest BCUT2D eigenvalue weighted by atomic mass is 35.5. The van der Waals surface area contributed by atoms with E-state index in [1.807, 2.05) is 19.1 Å². The number of ether oxygens (including phenoxy) is 1. The zero-order valence-electron chi connectivity index (χ0n) is 12.4. The maximum atomic E-state index is 11.4. The first-order valence-corrected chi connectivity index (χ1v) is 8.66. The molecule has 2 rings (SSSR count). The van der Waals surface area contributed by atoms with Crippen LogP contribution in [0.1, 0.15) is 31.9 Å². The van der Waals surface area contributed by atoms with Crippen molar-refractivity contribution in [2.75, 3.05) is 24.7 Å². The van der Waals surface area contributed by atoms with Crippen LogP contribution in [0.25, 0.3) is 0 Å². The first-order chi connectivity index (χ1) is 10.1. The summed E-state index contributed by atoms with van der Waals surface area (Å²) in [5.41, 5.74) is 1.04. The molecular formula is C15H21ClN2O2S. The Morgan fingerprint density at radius 1 is 1.52 bits per heavy atom. The SMILES string of the molecule is CCNc1ccc(Cl)c(CSCC2(CC(=O)OC)CC2)n1. The number of rotatable bonds is 8. The molecule has 21 heavy (non-hydrogen) atoms. The zero-order valence-corrected chi connectivity index (χ0v) is 14.0. The lowest BCUT2D eigenvalue weighted by molar-refractivity contribution is -0.141. The quantitative estimate of drug-likeness (QED) is 0.737. The van der Waals surface area contributed by atoms with Gasteiger partial charge < -0.3 is 10.1 Å². The van der Waals surface area contributed by atoms with Crippen LogP contribution in [0.3, 0.4) is 0 Å². The third-order valence-electron chi connectivity index (χ3n) is 3.63. The number of esters is 1. The fourth-order valence-corrected chi connectivity index (χ4v) is 3.75. The van der Waals surface area contributed by atoms with Gasteiger partial charge in [0.15, 0.2) is 0 Å². The van der Waals surface area contributed by atoms with Gasteiger partial charge in [0.2, 0.25) is 0 Å². The second kappa shape index (κ2) is 7.36. The van der Waals surface area contributed by atoms with E-state index < -0.39 is 0 Å². The molecule has 116 valence electrons. The van der Waals surface area contributed by atoms with Gasteiger partial charge in [0.1, 0.15) is 5.82 Å². The monoisotopic (exact) mass is 328 g/mol. The highest BCUT2D eigenvalue weighted by Gasteiger charge is 2.44. The highest BCUT2D eigenvalue weighted by molar-refractivity contribution is 7.98. The van der Waals surface area contributed by atoms with E-state index >= 15 is 0 Å². The van der Waals surface area contributed by atoms with Crippen LogP contribution in [-0.4, -0.2) is 30.4 Å². The molecular weight excluding hydrogens is 308 g/mol. The predicted molar refractivity (Wildman–Crippen MR) is 87.9 cm³/mol. The molecule has 1 fully saturated rings. The Morgan fingerprint density at radius 3 is 2.90 bits per heavy atom. The predicted octanol–water partition coefficient (Wildman–Crippen LogP) is 3.74. The lowest BCUT2D eigenvalue weighted by Gasteiger charge is -2.13. The number of anilines is 1. The molecule has 0 aromatic carbocycles. The second-order valence-electron chi connectivity index (χ2n) is 5.40. The molecule has 6 heteroatoms. The standard InChI is InChI=1S/C15H21ClN2O2S/c1-3-17-13-5-4-11(16)12(18-13)9-21-10-15(6-7-15)8-14(19)20-2/h4-5H,3,6-10H2,1-2H3,(H,17,18). The summed E-state index contributed by atoms with van der Waals surface area (Å²) in [6.07, 6.45) is 2.73. The van der Waals surface area contributed by atoms with Crippen molar-refractivity contribution in [3.05, 3.63) is 22.8 Å². The van der Waals surface area contributed by atoms with E-state index in [0.717, 1.165) is 42.4 Å². The van der Waals surface area contributed by atoms with E-state index in [1.54, 1.807) is 11.8 Å². The highest BCUT2D eigenvalue weighted by Crippen LogP contribution is 2.51. The van der Waals surface area contributed by atoms with Crippen LogP contribution in [0.4, 0.5) is 5.82 Å². The Hall–Kier alpha value is -0.940. The minimum atomic E-state index is -0.113. The summed E-state index contributed by atoms with van der Waals surface area (Å²) in [6.45, 7) is 2.87. The Morgan fingerprint density at radius 2 is 2.29 bits per heavy atom. The topological polar surface area (TPSA) is 51.2 Å². The minimum absolute atomic E-state index is 0.113. The average Bonchev–Trinajstić information content (AvgIpc) is 3.22. The van der Waals surface area contributed by atoms with Gasteiger partial charge >= 0.3 is 5.97 Å². The Labute approximate surface area is 135 Å². The molecule has 0 amide bonds. The molecule has 4 nitrogen and oxygen atoms in total. The van der Waals surface area contributed by atoms with E-state index in [-0.39, 0.29) is 11.4 Å². The number of hydrogen-bond acceptors (Lipinski definition) is 5. The van der Waals surface area contributed by atoms with Gasteiger partial charge in [-0.15, -0.1) is 0 Å². The molecule has 1 aromatic rings. The summed E-state index contributed by atoms with van der Waals surface area (Å²) in [5, 5.41) is 3.88. The van der Waals surface area contributed by atoms with E-state index in [0.29, 0.717) is 11.4 Å². The molecule has 1 aliphatic carbocycles. The first kappa shape index (κ1) is 16.4. The molecule has 0 bridgehead atoms. The van der Waals surface area contributed by atoms with Crippen molar-refractivity contribution < 1.29 is 9.53 Å². The third-order valence-corrected chi connectivity index (χ3v) is 5.27. The third kappa shape index (κ3) is 4.78. The van der Waals surface area contributed by atoms with E-state index in [2.05, 4.69) is 10.3 Å². The van der Waals surface area contributed by atoms with Gasteiger partial charge in [-0.3, -0.25) is 4.79 Å². The van der Waals surface area contributed by atoms with Crippen molar-refractivity contribution in [1.82, 2.24) is 4.98 Å². The van der Waals surface area contributed by atoms with Crippen molar-refractivity contribution in [3.8, 4) is 0 Å². The summed E-state index contributed by atoms with van der Waals surface area (Å²) in [7, 11) is 1.45. The second-order valence-corrected chi connectivity index (χ2v) is 6.79. The first-order valence-electron chi connectivity index (χ1n) is 7.12. The van der Waals surface area contributed by atoms with Gasteiger partial charge in [-0.1, -0.05) is 11.6 Å². The molecule has 1 aromatic heterocycles. The van der Waals surface area contributed by atoms with Gasteiger partial charge in [-0.25, -0.2) is 4.98 Å². The Kier molecular flexibility index (Phi) is 5.76. The fourth-order valence-electron chi connectivity index (χ4n) is 2.16. The summed E-state index contributed by atoms with van der Waals surface area (Å²) in [6, 6.07) is 3.77. The summed E-state index contributed by atoms with van der Waals surface area (Å²) in [4.78, 5) is 15.9. The Balaban J connectivity index is 1.86. The number of hydrogen-bond donors (Lipinski definition) is 1. The van der Waals surface area contributed by atoms with Crippen LogP contribution in [-0.2, 0) is 15.3 Å². The molecule has 1 saturated carbocycles. The van der Waals surface area contributed by atoms with Gasteiger partial charge in [-0.2, -0.15) is 11.8 Å². The lowest BCUT2D eigenvalue weighted by Crippen LogP contribution is -2.13. The Bertz CT molecular complexity index is 506. The number of halogens is 1. The molecule has 0 atom stereocenters. The minimum Gasteiger partial charge on any atom is -0.469 e. The van der Waals surface area contributed by atoms with E-state index in [4.69, 9.17) is 16.3 Å². The molecule has 0 unspecified atom stereocenters. The van der Waals surface area contributed by atoms with Crippen LogP contribution in [0.2, 0.25) is 5.02 Å². The van der Waals surface area contributed by atoms with Gasteiger partial charge in [0, 0.05) is 12.3 Å². The van der Waals surface area contributed by atoms with Crippen LogP contribution in [0.5, 0.6) is 0 Å². The van der Waals surface area contributed by atoms with Crippen molar-refractivity contribution in [3.63, 3.8) is 0 Å². The van der Waals surface area contributed by atoms with Crippen LogP contribution >= 0.6 is 23.4 Å². The summed E-state index contributed by atoms with van der Waals surface area (Å²) >= 11 is 7.98. The number of methoxy groups -OCH3 is 1. The largest absolute Gasteiger partial charge is 0.469 e. The molecule has 1 aliphatic rings. The number of nitrogens with zero attached hydrogens (tertiary/aromatic N) is 1. The number of pyridine rings is 1. The summed E-state index contributed by atoms with van der Waals surface area (Å²) < 4.78 is 4.76. The van der Waals surface area contributed by atoms with Crippen molar-refractivity contribution >= 4 is 35.1 Å². The van der Waals surface area contributed by atoms with Crippen molar-refractivity contribution in [1.29, 1.82) is 0 Å². The zero-order chi connectivity index (χ0) is 15.3.